The Labute approximate surface area is 147 Å². The van der Waals surface area contributed by atoms with Gasteiger partial charge in [-0.3, -0.25) is 10.1 Å². The van der Waals surface area contributed by atoms with E-state index < -0.39 is 0 Å². The lowest BCUT2D eigenvalue weighted by molar-refractivity contribution is 0.102. The van der Waals surface area contributed by atoms with Crippen LogP contribution in [-0.2, 0) is 0 Å². The van der Waals surface area contributed by atoms with Crippen molar-refractivity contribution in [1.29, 1.82) is 0 Å². The second kappa shape index (κ2) is 6.37. The summed E-state index contributed by atoms with van der Waals surface area (Å²) >= 11 is 1.48. The molecule has 25 heavy (non-hydrogen) atoms. The molecular formula is C18H14N4O2S. The van der Waals surface area contributed by atoms with E-state index >= 15 is 0 Å². The predicted octanol–water partition coefficient (Wildman–Crippen LogP) is 3.72. The molecular weight excluding hydrogens is 336 g/mol. The van der Waals surface area contributed by atoms with Gasteiger partial charge in [0.1, 0.15) is 5.75 Å². The first kappa shape index (κ1) is 15.3. The minimum Gasteiger partial charge on any atom is -0.497 e. The van der Waals surface area contributed by atoms with Crippen molar-refractivity contribution in [3.63, 3.8) is 0 Å². The quantitative estimate of drug-likeness (QED) is 0.609. The van der Waals surface area contributed by atoms with Gasteiger partial charge < -0.3 is 4.74 Å². The highest BCUT2D eigenvalue weighted by Crippen LogP contribution is 2.25. The molecule has 0 atom stereocenters. The van der Waals surface area contributed by atoms with Crippen molar-refractivity contribution in [2.45, 2.75) is 0 Å². The molecule has 0 aliphatic carbocycles. The number of carbonyl (C=O) groups excluding carboxylic acids is 1. The van der Waals surface area contributed by atoms with Crippen LogP contribution < -0.4 is 10.1 Å². The van der Waals surface area contributed by atoms with Crippen molar-refractivity contribution in [2.24, 2.45) is 0 Å². The lowest BCUT2D eigenvalue weighted by atomic mass is 10.2. The van der Waals surface area contributed by atoms with Gasteiger partial charge in [0.2, 0.25) is 4.96 Å². The Morgan fingerprint density at radius 3 is 2.80 bits per heavy atom. The van der Waals surface area contributed by atoms with Gasteiger partial charge in [-0.05, 0) is 18.2 Å². The minimum atomic E-state index is -0.279. The van der Waals surface area contributed by atoms with Crippen LogP contribution in [0.25, 0.3) is 16.2 Å². The van der Waals surface area contributed by atoms with E-state index in [1.54, 1.807) is 35.9 Å². The Morgan fingerprint density at radius 2 is 2.00 bits per heavy atom. The number of benzene rings is 2. The lowest BCUT2D eigenvalue weighted by Gasteiger charge is -2.03. The van der Waals surface area contributed by atoms with Gasteiger partial charge in [-0.1, -0.05) is 36.4 Å². The number of nitrogens with zero attached hydrogens (tertiary/aromatic N) is 3. The molecule has 6 nitrogen and oxygen atoms in total. The fraction of sp³-hybridized carbons (Fsp3) is 0.0556. The van der Waals surface area contributed by atoms with E-state index in [1.807, 2.05) is 35.7 Å². The van der Waals surface area contributed by atoms with Crippen LogP contribution in [0.4, 0.5) is 5.95 Å². The fourth-order valence-electron chi connectivity index (χ4n) is 2.48. The first-order valence-corrected chi connectivity index (χ1v) is 8.47. The topological polar surface area (TPSA) is 68.5 Å². The van der Waals surface area contributed by atoms with Crippen molar-refractivity contribution in [1.82, 2.24) is 14.6 Å². The van der Waals surface area contributed by atoms with Crippen molar-refractivity contribution in [3.05, 3.63) is 65.5 Å². The van der Waals surface area contributed by atoms with Crippen molar-refractivity contribution >= 4 is 28.2 Å². The van der Waals surface area contributed by atoms with E-state index in [0.29, 0.717) is 11.3 Å². The standard InChI is InChI=1S/C18H14N4O2S/c1-24-14-9-5-8-13(10-14)16(23)19-17-20-18-22(21-17)15(11-25-18)12-6-3-2-4-7-12/h2-11H,1H3,(H,19,21,23). The molecule has 2 heterocycles. The van der Waals surface area contributed by atoms with Crippen molar-refractivity contribution in [3.8, 4) is 17.0 Å². The zero-order valence-corrected chi connectivity index (χ0v) is 14.2. The average Bonchev–Trinajstić information content (AvgIpc) is 3.22. The van der Waals surface area contributed by atoms with Gasteiger partial charge in [0.25, 0.3) is 11.9 Å². The predicted molar refractivity (Wildman–Crippen MR) is 97.2 cm³/mol. The van der Waals surface area contributed by atoms with Crippen LogP contribution in [0.1, 0.15) is 10.4 Å². The molecule has 124 valence electrons. The summed E-state index contributed by atoms with van der Waals surface area (Å²) in [5.74, 6) is 0.619. The third-order valence-electron chi connectivity index (χ3n) is 3.71. The average molecular weight is 350 g/mol. The molecule has 1 amide bonds. The second-order valence-electron chi connectivity index (χ2n) is 5.30. The highest BCUT2D eigenvalue weighted by molar-refractivity contribution is 7.15. The number of fused-ring (bicyclic) bond motifs is 1. The fourth-order valence-corrected chi connectivity index (χ4v) is 3.31. The summed E-state index contributed by atoms with van der Waals surface area (Å²) in [6.07, 6.45) is 0. The maximum absolute atomic E-state index is 12.4. The Bertz CT molecular complexity index is 1040. The number of methoxy groups -OCH3 is 1. The van der Waals surface area contributed by atoms with Crippen LogP contribution in [-0.4, -0.2) is 27.6 Å². The summed E-state index contributed by atoms with van der Waals surface area (Å²) in [7, 11) is 1.56. The highest BCUT2D eigenvalue weighted by atomic mass is 32.1. The van der Waals surface area contributed by atoms with E-state index in [4.69, 9.17) is 4.74 Å². The molecule has 0 saturated heterocycles. The van der Waals surface area contributed by atoms with E-state index in [2.05, 4.69) is 15.4 Å². The molecule has 2 aromatic carbocycles. The Balaban J connectivity index is 1.62. The Kier molecular flexibility index (Phi) is 3.91. The van der Waals surface area contributed by atoms with E-state index in [0.717, 1.165) is 16.2 Å². The molecule has 0 spiro atoms. The van der Waals surface area contributed by atoms with Gasteiger partial charge in [0, 0.05) is 16.5 Å². The van der Waals surface area contributed by atoms with Gasteiger partial charge in [0.15, 0.2) is 0 Å². The summed E-state index contributed by atoms with van der Waals surface area (Å²) in [5, 5.41) is 9.14. The molecule has 0 radical (unpaired) electrons. The number of rotatable bonds is 4. The number of carbonyl (C=O) groups is 1. The third kappa shape index (κ3) is 2.97. The third-order valence-corrected chi connectivity index (χ3v) is 4.52. The molecule has 0 aliphatic rings. The highest BCUT2D eigenvalue weighted by Gasteiger charge is 2.14. The van der Waals surface area contributed by atoms with Crippen molar-refractivity contribution < 1.29 is 9.53 Å². The second-order valence-corrected chi connectivity index (χ2v) is 6.14. The number of thiazole rings is 1. The monoisotopic (exact) mass is 350 g/mol. The molecule has 0 saturated carbocycles. The van der Waals surface area contributed by atoms with Crippen LogP contribution in [0, 0.1) is 0 Å². The van der Waals surface area contributed by atoms with Crippen LogP contribution in [0.5, 0.6) is 5.75 Å². The van der Waals surface area contributed by atoms with Crippen LogP contribution >= 0.6 is 11.3 Å². The van der Waals surface area contributed by atoms with Crippen molar-refractivity contribution in [2.75, 3.05) is 12.4 Å². The van der Waals surface area contributed by atoms with E-state index in [1.165, 1.54) is 11.3 Å². The van der Waals surface area contributed by atoms with Gasteiger partial charge in [-0.2, -0.15) is 4.98 Å². The number of anilines is 1. The molecule has 2 aromatic heterocycles. The SMILES string of the molecule is COc1cccc(C(=O)Nc2nc3scc(-c4ccccc4)n3n2)c1. The maximum atomic E-state index is 12.4. The van der Waals surface area contributed by atoms with Gasteiger partial charge in [-0.25, -0.2) is 4.52 Å². The van der Waals surface area contributed by atoms with Crippen LogP contribution in [0.2, 0.25) is 0 Å². The summed E-state index contributed by atoms with van der Waals surface area (Å²) in [6, 6.07) is 16.9. The molecule has 7 heteroatoms. The first-order valence-electron chi connectivity index (χ1n) is 7.60. The molecule has 4 rings (SSSR count). The van der Waals surface area contributed by atoms with Gasteiger partial charge in [0.05, 0.1) is 12.8 Å². The molecule has 0 unspecified atom stereocenters. The molecule has 0 aliphatic heterocycles. The normalized spacial score (nSPS) is 10.8. The molecule has 0 bridgehead atoms. The molecule has 1 N–H and O–H groups in total. The summed E-state index contributed by atoms with van der Waals surface area (Å²) in [5.41, 5.74) is 2.47. The lowest BCUT2D eigenvalue weighted by Crippen LogP contribution is -2.13. The first-order chi connectivity index (χ1) is 12.2. The summed E-state index contributed by atoms with van der Waals surface area (Å²) in [4.78, 5) is 17.5. The number of hydrogen-bond donors (Lipinski definition) is 1. The number of aromatic nitrogens is 3. The van der Waals surface area contributed by atoms with Gasteiger partial charge >= 0.3 is 0 Å². The summed E-state index contributed by atoms with van der Waals surface area (Å²) in [6.45, 7) is 0. The zero-order valence-electron chi connectivity index (χ0n) is 13.3. The number of hydrogen-bond acceptors (Lipinski definition) is 5. The number of nitrogens with one attached hydrogen (secondary N) is 1. The molecule has 4 aromatic rings. The maximum Gasteiger partial charge on any atom is 0.258 e. The van der Waals surface area contributed by atoms with E-state index in [-0.39, 0.29) is 11.9 Å². The number of amides is 1. The minimum absolute atomic E-state index is 0.275. The molecule has 0 fully saturated rings. The van der Waals surface area contributed by atoms with Crippen LogP contribution in [0.15, 0.2) is 60.0 Å². The smallest absolute Gasteiger partial charge is 0.258 e. The Hall–Kier alpha value is -3.19. The summed E-state index contributed by atoms with van der Waals surface area (Å²) < 4.78 is 6.88. The van der Waals surface area contributed by atoms with E-state index in [9.17, 15) is 4.79 Å². The zero-order chi connectivity index (χ0) is 17.2. The Morgan fingerprint density at radius 1 is 1.16 bits per heavy atom. The van der Waals surface area contributed by atoms with Crippen LogP contribution in [0.3, 0.4) is 0 Å². The largest absolute Gasteiger partial charge is 0.497 e. The number of ether oxygens (including phenoxy) is 1. The van der Waals surface area contributed by atoms with Gasteiger partial charge in [-0.15, -0.1) is 16.4 Å².